The number of carbonyl (C=O) groups excluding carboxylic acids is 1. The minimum atomic E-state index is -0.430. The van der Waals surface area contributed by atoms with E-state index in [2.05, 4.69) is 46.6 Å². The Morgan fingerprint density at radius 2 is 2.38 bits per heavy atom. The van der Waals surface area contributed by atoms with Crippen molar-refractivity contribution in [1.29, 1.82) is 0 Å². The predicted octanol–water partition coefficient (Wildman–Crippen LogP) is 0.854. The van der Waals surface area contributed by atoms with E-state index in [1.54, 1.807) is 22.2 Å². The summed E-state index contributed by atoms with van der Waals surface area (Å²) >= 11 is 1.76. The SMILES string of the molecule is CC(C)N(CCn1cc(C(=O)NN)nn1)Cc1cccs1. The van der Waals surface area contributed by atoms with Crippen LogP contribution in [0.4, 0.5) is 0 Å². The third-order valence-electron chi connectivity index (χ3n) is 3.19. The van der Waals surface area contributed by atoms with E-state index in [0.717, 1.165) is 13.1 Å². The van der Waals surface area contributed by atoms with E-state index in [0.29, 0.717) is 12.6 Å². The second-order valence-electron chi connectivity index (χ2n) is 4.98. The first kappa shape index (κ1) is 15.6. The number of aromatic nitrogens is 3. The van der Waals surface area contributed by atoms with Gasteiger partial charge in [-0.3, -0.25) is 19.8 Å². The zero-order valence-electron chi connectivity index (χ0n) is 12.2. The van der Waals surface area contributed by atoms with Gasteiger partial charge < -0.3 is 0 Å². The molecule has 0 aliphatic heterocycles. The van der Waals surface area contributed by atoms with Gasteiger partial charge >= 0.3 is 0 Å². The number of carbonyl (C=O) groups is 1. The second kappa shape index (κ2) is 7.30. The molecule has 2 rings (SSSR count). The number of nitrogen functional groups attached to an aromatic ring is 1. The minimum Gasteiger partial charge on any atom is -0.294 e. The monoisotopic (exact) mass is 308 g/mol. The molecule has 2 aromatic heterocycles. The standard InChI is InChI=1S/C13H20N6OS/c1-10(2)18(8-11-4-3-7-21-11)5-6-19-9-12(16-17-19)13(20)15-14/h3-4,7,9-10H,5-6,8,14H2,1-2H3,(H,15,20). The van der Waals surface area contributed by atoms with Crippen LogP contribution in [0.5, 0.6) is 0 Å². The van der Waals surface area contributed by atoms with Crippen molar-refractivity contribution >= 4 is 17.2 Å². The summed E-state index contributed by atoms with van der Waals surface area (Å²) in [5.41, 5.74) is 2.27. The molecule has 1 amide bonds. The average molecular weight is 308 g/mol. The molecule has 0 aliphatic carbocycles. The fourth-order valence-electron chi connectivity index (χ4n) is 1.94. The lowest BCUT2D eigenvalue weighted by Crippen LogP contribution is -2.33. The van der Waals surface area contributed by atoms with Gasteiger partial charge in [0.1, 0.15) is 0 Å². The van der Waals surface area contributed by atoms with Gasteiger partial charge in [-0.2, -0.15) is 0 Å². The molecule has 0 atom stereocenters. The van der Waals surface area contributed by atoms with Gasteiger partial charge in [0.25, 0.3) is 5.91 Å². The molecular weight excluding hydrogens is 288 g/mol. The van der Waals surface area contributed by atoms with Gasteiger partial charge in [0, 0.05) is 24.0 Å². The van der Waals surface area contributed by atoms with Crippen LogP contribution in [0, 0.1) is 0 Å². The highest BCUT2D eigenvalue weighted by molar-refractivity contribution is 7.09. The summed E-state index contributed by atoms with van der Waals surface area (Å²) in [6, 6.07) is 4.63. The van der Waals surface area contributed by atoms with Crippen LogP contribution in [0.25, 0.3) is 0 Å². The summed E-state index contributed by atoms with van der Waals surface area (Å²) < 4.78 is 1.66. The lowest BCUT2D eigenvalue weighted by Gasteiger charge is -2.25. The van der Waals surface area contributed by atoms with Gasteiger partial charge in [0.2, 0.25) is 0 Å². The molecule has 2 aromatic rings. The summed E-state index contributed by atoms with van der Waals surface area (Å²) in [6.45, 7) is 6.77. The number of nitrogens with two attached hydrogens (primary N) is 1. The topological polar surface area (TPSA) is 89.1 Å². The Morgan fingerprint density at radius 3 is 3.00 bits per heavy atom. The summed E-state index contributed by atoms with van der Waals surface area (Å²) in [7, 11) is 0. The van der Waals surface area contributed by atoms with Crippen molar-refractivity contribution < 1.29 is 4.79 Å². The van der Waals surface area contributed by atoms with Crippen LogP contribution in [0.1, 0.15) is 29.2 Å². The number of rotatable bonds is 7. The zero-order valence-corrected chi connectivity index (χ0v) is 13.0. The van der Waals surface area contributed by atoms with E-state index in [1.165, 1.54) is 4.88 Å². The van der Waals surface area contributed by atoms with Gasteiger partial charge in [0.15, 0.2) is 5.69 Å². The Kier molecular flexibility index (Phi) is 5.43. The van der Waals surface area contributed by atoms with Crippen LogP contribution in [0.2, 0.25) is 0 Å². The number of nitrogens with one attached hydrogen (secondary N) is 1. The lowest BCUT2D eigenvalue weighted by atomic mass is 10.3. The van der Waals surface area contributed by atoms with Crippen molar-refractivity contribution in [1.82, 2.24) is 25.3 Å². The maximum absolute atomic E-state index is 11.3. The lowest BCUT2D eigenvalue weighted by molar-refractivity contribution is 0.0948. The third-order valence-corrected chi connectivity index (χ3v) is 4.05. The van der Waals surface area contributed by atoms with Gasteiger partial charge in [-0.25, -0.2) is 5.84 Å². The normalized spacial score (nSPS) is 11.3. The largest absolute Gasteiger partial charge is 0.294 e. The molecule has 21 heavy (non-hydrogen) atoms. The molecule has 3 N–H and O–H groups in total. The van der Waals surface area contributed by atoms with Gasteiger partial charge in [0.05, 0.1) is 12.7 Å². The Bertz CT molecular complexity index is 565. The molecule has 0 saturated carbocycles. The van der Waals surface area contributed by atoms with Crippen molar-refractivity contribution in [3.05, 3.63) is 34.3 Å². The number of hydrazine groups is 1. The van der Waals surface area contributed by atoms with E-state index >= 15 is 0 Å². The van der Waals surface area contributed by atoms with Crippen molar-refractivity contribution in [3.63, 3.8) is 0 Å². The molecule has 0 saturated heterocycles. The van der Waals surface area contributed by atoms with Crippen LogP contribution in [0.15, 0.2) is 23.7 Å². The molecule has 2 heterocycles. The van der Waals surface area contributed by atoms with E-state index in [-0.39, 0.29) is 5.69 Å². The molecule has 114 valence electrons. The van der Waals surface area contributed by atoms with Gasteiger partial charge in [-0.05, 0) is 25.3 Å². The molecule has 0 aromatic carbocycles. The highest BCUT2D eigenvalue weighted by Gasteiger charge is 2.13. The second-order valence-corrected chi connectivity index (χ2v) is 6.02. The average Bonchev–Trinajstić information content (AvgIpc) is 3.13. The smallest absolute Gasteiger partial charge is 0.287 e. The fourth-order valence-corrected chi connectivity index (χ4v) is 2.67. The first-order chi connectivity index (χ1) is 10.1. The number of amides is 1. The van der Waals surface area contributed by atoms with Gasteiger partial charge in [-0.1, -0.05) is 11.3 Å². The Balaban J connectivity index is 1.92. The van der Waals surface area contributed by atoms with Crippen LogP contribution in [-0.4, -0.2) is 38.4 Å². The predicted molar refractivity (Wildman–Crippen MR) is 81.5 cm³/mol. The summed E-state index contributed by atoms with van der Waals surface area (Å²) in [4.78, 5) is 15.0. The van der Waals surface area contributed by atoms with E-state index in [1.807, 2.05) is 5.43 Å². The maximum Gasteiger partial charge on any atom is 0.287 e. The highest BCUT2D eigenvalue weighted by atomic mass is 32.1. The van der Waals surface area contributed by atoms with E-state index < -0.39 is 5.91 Å². The number of nitrogens with zero attached hydrogens (tertiary/aromatic N) is 4. The molecular formula is C13H20N6OS. The van der Waals surface area contributed by atoms with Crippen molar-refractivity contribution in [2.75, 3.05) is 6.54 Å². The van der Waals surface area contributed by atoms with Crippen LogP contribution in [0.3, 0.4) is 0 Å². The number of hydrogen-bond acceptors (Lipinski definition) is 6. The summed E-state index contributed by atoms with van der Waals surface area (Å²) in [6.07, 6.45) is 1.60. The first-order valence-corrected chi connectivity index (χ1v) is 7.65. The molecule has 8 heteroatoms. The van der Waals surface area contributed by atoms with Gasteiger partial charge in [-0.15, -0.1) is 16.4 Å². The molecule has 0 fully saturated rings. The van der Waals surface area contributed by atoms with E-state index in [9.17, 15) is 4.79 Å². The number of hydrogen-bond donors (Lipinski definition) is 2. The van der Waals surface area contributed by atoms with Crippen LogP contribution in [-0.2, 0) is 13.1 Å². The van der Waals surface area contributed by atoms with Crippen molar-refractivity contribution in [3.8, 4) is 0 Å². The molecule has 0 unspecified atom stereocenters. The molecule has 0 bridgehead atoms. The number of thiophene rings is 1. The quantitative estimate of drug-likeness (QED) is 0.450. The Labute approximate surface area is 127 Å². The first-order valence-electron chi connectivity index (χ1n) is 6.77. The van der Waals surface area contributed by atoms with Crippen molar-refractivity contribution in [2.24, 2.45) is 5.84 Å². The highest BCUT2D eigenvalue weighted by Crippen LogP contribution is 2.13. The van der Waals surface area contributed by atoms with E-state index in [4.69, 9.17) is 5.84 Å². The Hall–Kier alpha value is -1.77. The van der Waals surface area contributed by atoms with Crippen molar-refractivity contribution in [2.45, 2.75) is 33.0 Å². The van der Waals surface area contributed by atoms with Crippen LogP contribution < -0.4 is 11.3 Å². The Morgan fingerprint density at radius 1 is 1.57 bits per heavy atom. The third kappa shape index (κ3) is 4.35. The summed E-state index contributed by atoms with van der Waals surface area (Å²) in [5.74, 6) is 4.64. The molecule has 0 spiro atoms. The van der Waals surface area contributed by atoms with Crippen LogP contribution >= 0.6 is 11.3 Å². The minimum absolute atomic E-state index is 0.229. The maximum atomic E-state index is 11.3. The summed E-state index contributed by atoms with van der Waals surface area (Å²) in [5, 5.41) is 9.82. The molecule has 0 aliphatic rings. The molecule has 7 nitrogen and oxygen atoms in total. The molecule has 0 radical (unpaired) electrons. The fraction of sp³-hybridized carbons (Fsp3) is 0.462. The zero-order chi connectivity index (χ0) is 15.2.